The molecule has 0 spiro atoms. The molecule has 5 heteroatoms. The van der Waals surface area contributed by atoms with Crippen LogP contribution in [0.3, 0.4) is 0 Å². The average molecular weight is 241 g/mol. The average Bonchev–Trinajstić information content (AvgIpc) is 2.49. The number of halogens is 1. The minimum absolute atomic E-state index is 0.0245. The molecular formula is C10H5ClO3S. The summed E-state index contributed by atoms with van der Waals surface area (Å²) in [5.74, 6) is 0. The number of allylic oxidation sites excluding steroid dienone is 3. The molecule has 1 aromatic rings. The quantitative estimate of drug-likeness (QED) is 0.676. The Labute approximate surface area is 90.4 Å². The molecule has 0 radical (unpaired) electrons. The maximum atomic E-state index is 11.1. The fraction of sp³-hybridized carbons (Fsp3) is 0. The third-order valence-corrected chi connectivity index (χ3v) is 3.13. The van der Waals surface area contributed by atoms with Crippen LogP contribution >= 0.6 is 10.7 Å². The maximum absolute atomic E-state index is 11.1. The van der Waals surface area contributed by atoms with Gasteiger partial charge in [-0.15, -0.1) is 5.73 Å². The first kappa shape index (κ1) is 10.1. The van der Waals surface area contributed by atoms with E-state index >= 15 is 0 Å². The van der Waals surface area contributed by atoms with E-state index in [1.807, 2.05) is 0 Å². The molecule has 0 N–H and O–H groups in total. The highest BCUT2D eigenvalue weighted by Gasteiger charge is 2.09. The summed E-state index contributed by atoms with van der Waals surface area (Å²) in [6.07, 6.45) is 5.55. The van der Waals surface area contributed by atoms with E-state index in [9.17, 15) is 8.42 Å². The molecule has 0 aromatic carbocycles. The van der Waals surface area contributed by atoms with Crippen LogP contribution in [0.1, 0.15) is 0 Å². The highest BCUT2D eigenvalue weighted by molar-refractivity contribution is 8.17. The van der Waals surface area contributed by atoms with E-state index < -0.39 is 9.05 Å². The fourth-order valence-corrected chi connectivity index (χ4v) is 1.80. The Kier molecular flexibility index (Phi) is 2.43. The van der Waals surface area contributed by atoms with E-state index in [2.05, 4.69) is 11.5 Å². The number of hydrogen-bond donors (Lipinski definition) is 0. The second-order valence-electron chi connectivity index (χ2n) is 2.77. The molecule has 1 aromatic heterocycles. The third-order valence-electron chi connectivity index (χ3n) is 1.78. The van der Waals surface area contributed by atoms with Crippen molar-refractivity contribution in [1.82, 2.24) is 0 Å². The summed E-state index contributed by atoms with van der Waals surface area (Å²) >= 11 is 0. The van der Waals surface area contributed by atoms with Crippen molar-refractivity contribution in [1.29, 1.82) is 0 Å². The summed E-state index contributed by atoms with van der Waals surface area (Å²) in [6.45, 7) is 0. The fourth-order valence-electron chi connectivity index (χ4n) is 1.08. The molecule has 0 aliphatic heterocycles. The molecular weight excluding hydrogens is 236 g/mol. The molecule has 0 unspecified atom stereocenters. The number of furan rings is 1. The molecule has 2 rings (SSSR count). The van der Waals surface area contributed by atoms with Gasteiger partial charge in [0.1, 0.15) is 0 Å². The zero-order valence-corrected chi connectivity index (χ0v) is 8.97. The second-order valence-corrected chi connectivity index (χ2v) is 5.34. The van der Waals surface area contributed by atoms with E-state index in [0.717, 1.165) is 0 Å². The van der Waals surface area contributed by atoms with E-state index in [4.69, 9.17) is 15.1 Å². The Morgan fingerprint density at radius 2 is 2.13 bits per heavy atom. The normalized spacial score (nSPS) is 17.8. The van der Waals surface area contributed by atoms with Gasteiger partial charge in [-0.3, -0.25) is 0 Å². The smallest absolute Gasteiger partial charge is 0.261 e. The lowest BCUT2D eigenvalue weighted by Crippen LogP contribution is -2.16. The van der Waals surface area contributed by atoms with Crippen molar-refractivity contribution >= 4 is 31.2 Å². The van der Waals surface area contributed by atoms with Gasteiger partial charge in [-0.05, 0) is 18.2 Å². The SMILES string of the molecule is O=S(=O)(Cl)/C1=C/C=C=c2occc2=C=C1. The highest BCUT2D eigenvalue weighted by Crippen LogP contribution is 2.12. The van der Waals surface area contributed by atoms with Crippen molar-refractivity contribution in [3.8, 4) is 0 Å². The highest BCUT2D eigenvalue weighted by atomic mass is 35.7. The van der Waals surface area contributed by atoms with Crippen LogP contribution in [-0.2, 0) is 9.05 Å². The van der Waals surface area contributed by atoms with Crippen LogP contribution in [0.4, 0.5) is 0 Å². The molecule has 0 amide bonds. The van der Waals surface area contributed by atoms with Crippen molar-refractivity contribution in [3.63, 3.8) is 0 Å². The predicted octanol–water partition coefficient (Wildman–Crippen LogP) is 0.617. The van der Waals surface area contributed by atoms with E-state index in [1.165, 1.54) is 24.5 Å². The Hall–Kier alpha value is -1.44. The lowest BCUT2D eigenvalue weighted by molar-refractivity contribution is 0.532. The summed E-state index contributed by atoms with van der Waals surface area (Å²) in [7, 11) is 1.46. The summed E-state index contributed by atoms with van der Waals surface area (Å²) < 4.78 is 27.2. The van der Waals surface area contributed by atoms with Gasteiger partial charge in [-0.25, -0.2) is 8.42 Å². The summed E-state index contributed by atoms with van der Waals surface area (Å²) in [4.78, 5) is -0.0245. The molecule has 1 aliphatic carbocycles. The van der Waals surface area contributed by atoms with Gasteiger partial charge in [-0.2, -0.15) is 0 Å². The number of fused-ring (bicyclic) bond motifs is 1. The predicted molar refractivity (Wildman–Crippen MR) is 56.8 cm³/mol. The van der Waals surface area contributed by atoms with Crippen LogP contribution in [-0.4, -0.2) is 8.42 Å². The first-order valence-electron chi connectivity index (χ1n) is 3.99. The molecule has 0 bridgehead atoms. The van der Waals surface area contributed by atoms with Crippen LogP contribution in [0, 0.1) is 0 Å². The molecule has 0 saturated heterocycles. The first-order chi connectivity index (χ1) is 7.07. The standard InChI is InChI=1S/C10H5ClO3S/c11-15(12,13)9-2-1-3-10-8(4-5-9)6-7-14-10/h1-2,5-7H/b9-2+. The molecule has 0 fully saturated rings. The molecule has 15 heavy (non-hydrogen) atoms. The van der Waals surface area contributed by atoms with Gasteiger partial charge < -0.3 is 4.42 Å². The van der Waals surface area contributed by atoms with Crippen LogP contribution in [0.5, 0.6) is 0 Å². The van der Waals surface area contributed by atoms with Crippen molar-refractivity contribution in [3.05, 3.63) is 46.1 Å². The lowest BCUT2D eigenvalue weighted by atomic mass is 10.3. The summed E-state index contributed by atoms with van der Waals surface area (Å²) in [5, 5.41) is 0.636. The minimum Gasteiger partial charge on any atom is -0.455 e. The zero-order valence-electron chi connectivity index (χ0n) is 7.40. The van der Waals surface area contributed by atoms with Crippen LogP contribution < -0.4 is 10.6 Å². The Morgan fingerprint density at radius 1 is 1.33 bits per heavy atom. The van der Waals surface area contributed by atoms with Gasteiger partial charge in [0.05, 0.1) is 16.4 Å². The van der Waals surface area contributed by atoms with Crippen molar-refractivity contribution in [2.24, 2.45) is 0 Å². The van der Waals surface area contributed by atoms with Crippen molar-refractivity contribution in [2.45, 2.75) is 0 Å². The Morgan fingerprint density at radius 3 is 2.87 bits per heavy atom. The summed E-state index contributed by atoms with van der Waals surface area (Å²) in [6, 6.07) is 1.66. The summed E-state index contributed by atoms with van der Waals surface area (Å²) in [5.41, 5.74) is 6.05. The van der Waals surface area contributed by atoms with Crippen LogP contribution in [0.2, 0.25) is 0 Å². The Bertz CT molecular complexity index is 709. The largest absolute Gasteiger partial charge is 0.455 e. The zero-order chi connectivity index (χ0) is 10.9. The van der Waals surface area contributed by atoms with Gasteiger partial charge in [0.15, 0.2) is 5.42 Å². The van der Waals surface area contributed by atoms with Gasteiger partial charge in [0.2, 0.25) is 0 Å². The topological polar surface area (TPSA) is 47.3 Å². The Balaban J connectivity index is 2.80. The van der Waals surface area contributed by atoms with Gasteiger partial charge in [-0.1, -0.05) is 5.73 Å². The monoisotopic (exact) mass is 240 g/mol. The molecule has 0 atom stereocenters. The van der Waals surface area contributed by atoms with Crippen LogP contribution in [0.25, 0.3) is 11.5 Å². The van der Waals surface area contributed by atoms with E-state index in [1.54, 1.807) is 6.07 Å². The maximum Gasteiger partial charge on any atom is 0.261 e. The van der Waals surface area contributed by atoms with Gasteiger partial charge in [0, 0.05) is 16.8 Å². The minimum atomic E-state index is -3.74. The molecule has 1 heterocycles. The molecule has 3 nitrogen and oxygen atoms in total. The number of rotatable bonds is 1. The lowest BCUT2D eigenvalue weighted by Gasteiger charge is -1.91. The second kappa shape index (κ2) is 3.61. The van der Waals surface area contributed by atoms with Gasteiger partial charge >= 0.3 is 0 Å². The molecule has 76 valence electrons. The van der Waals surface area contributed by atoms with E-state index in [-0.39, 0.29) is 4.91 Å². The van der Waals surface area contributed by atoms with Crippen LogP contribution in [0.15, 0.2) is 39.9 Å². The van der Waals surface area contributed by atoms with Gasteiger partial charge in [0.25, 0.3) is 9.05 Å². The first-order valence-corrected chi connectivity index (χ1v) is 6.30. The third kappa shape index (κ3) is 2.14. The van der Waals surface area contributed by atoms with Crippen molar-refractivity contribution < 1.29 is 12.8 Å². The van der Waals surface area contributed by atoms with E-state index in [0.29, 0.717) is 10.6 Å². The number of hydrogen-bond acceptors (Lipinski definition) is 3. The molecule has 0 saturated carbocycles. The van der Waals surface area contributed by atoms with Crippen molar-refractivity contribution in [2.75, 3.05) is 0 Å². The molecule has 1 aliphatic rings.